The fourth-order valence-corrected chi connectivity index (χ4v) is 1.95. The number of amides is 2. The first-order valence-electron chi connectivity index (χ1n) is 7.51. The number of carboxylic acids is 1. The highest BCUT2D eigenvalue weighted by molar-refractivity contribution is 5.87. The number of nitrogens with one attached hydrogen (secondary N) is 1. The summed E-state index contributed by atoms with van der Waals surface area (Å²) in [6, 6.07) is -1.05. The van der Waals surface area contributed by atoms with Crippen LogP contribution in [0.15, 0.2) is 12.2 Å². The first-order valence-corrected chi connectivity index (χ1v) is 7.51. The molecular formula is C15H24N2O6. The van der Waals surface area contributed by atoms with Gasteiger partial charge in [0.1, 0.15) is 6.04 Å². The van der Waals surface area contributed by atoms with Gasteiger partial charge in [0.05, 0.1) is 13.2 Å². The summed E-state index contributed by atoms with van der Waals surface area (Å²) in [4.78, 5) is 35.5. The molecule has 130 valence electrons. The van der Waals surface area contributed by atoms with Gasteiger partial charge in [0.2, 0.25) is 5.91 Å². The van der Waals surface area contributed by atoms with Gasteiger partial charge >= 0.3 is 12.1 Å². The van der Waals surface area contributed by atoms with Gasteiger partial charge in [-0.15, -0.1) is 0 Å². The van der Waals surface area contributed by atoms with Gasteiger partial charge in [0, 0.05) is 26.6 Å². The SMILES string of the molecule is CN(C)C(=O)/C=C/CC[C@H](NC(=O)OCC1CCOC1)C(=O)O. The molecule has 0 aromatic carbocycles. The van der Waals surface area contributed by atoms with Crippen LogP contribution in [0, 0.1) is 5.92 Å². The van der Waals surface area contributed by atoms with Crippen molar-refractivity contribution in [2.45, 2.75) is 25.3 Å². The second-order valence-electron chi connectivity index (χ2n) is 5.58. The van der Waals surface area contributed by atoms with E-state index in [9.17, 15) is 14.4 Å². The van der Waals surface area contributed by atoms with Crippen molar-refractivity contribution in [2.24, 2.45) is 5.92 Å². The summed E-state index contributed by atoms with van der Waals surface area (Å²) in [5.41, 5.74) is 0. The number of alkyl carbamates (subject to hydrolysis) is 1. The van der Waals surface area contributed by atoms with Crippen molar-refractivity contribution in [1.29, 1.82) is 0 Å². The number of hydrogen-bond donors (Lipinski definition) is 2. The average Bonchev–Trinajstić information content (AvgIpc) is 3.00. The van der Waals surface area contributed by atoms with Crippen LogP contribution in [-0.2, 0) is 19.1 Å². The summed E-state index contributed by atoms with van der Waals surface area (Å²) in [5, 5.41) is 11.4. The molecule has 1 aliphatic heterocycles. The van der Waals surface area contributed by atoms with E-state index in [-0.39, 0.29) is 24.9 Å². The van der Waals surface area contributed by atoms with Crippen LogP contribution in [0.5, 0.6) is 0 Å². The number of rotatable bonds is 8. The molecule has 2 N–H and O–H groups in total. The lowest BCUT2D eigenvalue weighted by atomic mass is 10.1. The third kappa shape index (κ3) is 7.64. The van der Waals surface area contributed by atoms with E-state index in [0.29, 0.717) is 19.6 Å². The molecule has 1 rings (SSSR count). The first-order chi connectivity index (χ1) is 10.9. The number of hydrogen-bond acceptors (Lipinski definition) is 5. The normalized spacial score (nSPS) is 18.6. The Balaban J connectivity index is 2.31. The van der Waals surface area contributed by atoms with Gasteiger partial charge in [-0.1, -0.05) is 6.08 Å². The highest BCUT2D eigenvalue weighted by Gasteiger charge is 2.22. The van der Waals surface area contributed by atoms with Crippen molar-refractivity contribution in [1.82, 2.24) is 10.2 Å². The second kappa shape index (κ2) is 9.83. The van der Waals surface area contributed by atoms with Crippen LogP contribution in [0.4, 0.5) is 4.79 Å². The van der Waals surface area contributed by atoms with Crippen LogP contribution in [0.1, 0.15) is 19.3 Å². The molecule has 23 heavy (non-hydrogen) atoms. The van der Waals surface area contributed by atoms with E-state index >= 15 is 0 Å². The molecule has 8 heteroatoms. The van der Waals surface area contributed by atoms with Crippen LogP contribution >= 0.6 is 0 Å². The Hall–Kier alpha value is -2.09. The Kier molecular flexibility index (Phi) is 8.10. The zero-order valence-corrected chi connectivity index (χ0v) is 13.5. The smallest absolute Gasteiger partial charge is 0.407 e. The molecule has 0 aliphatic carbocycles. The molecule has 1 unspecified atom stereocenters. The summed E-state index contributed by atoms with van der Waals surface area (Å²) in [6.07, 6.45) is 3.57. The second-order valence-corrected chi connectivity index (χ2v) is 5.58. The Morgan fingerprint density at radius 1 is 1.43 bits per heavy atom. The number of allylic oxidation sites excluding steroid dienone is 1. The topological polar surface area (TPSA) is 105 Å². The number of aliphatic carboxylic acids is 1. The van der Waals surface area contributed by atoms with Gasteiger partial charge in [-0.3, -0.25) is 4.79 Å². The van der Waals surface area contributed by atoms with Crippen LogP contribution in [0.25, 0.3) is 0 Å². The number of carbonyl (C=O) groups is 3. The summed E-state index contributed by atoms with van der Waals surface area (Å²) >= 11 is 0. The number of carboxylic acid groups (broad SMARTS) is 1. The van der Waals surface area contributed by atoms with Crippen molar-refractivity contribution >= 4 is 18.0 Å². The maximum absolute atomic E-state index is 11.6. The molecule has 0 spiro atoms. The Bertz CT molecular complexity index is 443. The molecule has 0 aromatic heterocycles. The average molecular weight is 328 g/mol. The summed E-state index contributed by atoms with van der Waals surface area (Å²) in [6.45, 7) is 1.43. The van der Waals surface area contributed by atoms with Crippen molar-refractivity contribution in [3.63, 3.8) is 0 Å². The van der Waals surface area contributed by atoms with E-state index in [4.69, 9.17) is 14.6 Å². The number of carbonyl (C=O) groups excluding carboxylic acids is 2. The Morgan fingerprint density at radius 3 is 2.74 bits per heavy atom. The van der Waals surface area contributed by atoms with Gasteiger partial charge in [0.15, 0.2) is 0 Å². The minimum Gasteiger partial charge on any atom is -0.480 e. The van der Waals surface area contributed by atoms with Crippen LogP contribution < -0.4 is 5.32 Å². The molecule has 1 saturated heterocycles. The van der Waals surface area contributed by atoms with Gasteiger partial charge in [-0.25, -0.2) is 9.59 Å². The zero-order chi connectivity index (χ0) is 17.2. The van der Waals surface area contributed by atoms with Crippen molar-refractivity contribution in [3.8, 4) is 0 Å². The molecule has 2 amide bonds. The predicted molar refractivity (Wildman–Crippen MR) is 81.9 cm³/mol. The molecule has 2 atom stereocenters. The van der Waals surface area contributed by atoms with Crippen LogP contribution in [0.3, 0.4) is 0 Å². The van der Waals surface area contributed by atoms with E-state index in [1.165, 1.54) is 11.0 Å². The summed E-state index contributed by atoms with van der Waals surface area (Å²) < 4.78 is 10.2. The lowest BCUT2D eigenvalue weighted by Crippen LogP contribution is -2.41. The highest BCUT2D eigenvalue weighted by atomic mass is 16.6. The van der Waals surface area contributed by atoms with Crippen LogP contribution in [-0.4, -0.2) is 67.9 Å². The van der Waals surface area contributed by atoms with Gasteiger partial charge in [-0.2, -0.15) is 0 Å². The van der Waals surface area contributed by atoms with Crippen molar-refractivity contribution in [3.05, 3.63) is 12.2 Å². The molecule has 0 bridgehead atoms. The van der Waals surface area contributed by atoms with Crippen molar-refractivity contribution < 1.29 is 29.0 Å². The van der Waals surface area contributed by atoms with Gasteiger partial charge < -0.3 is 24.8 Å². The molecule has 0 radical (unpaired) electrons. The van der Waals surface area contributed by atoms with Gasteiger partial charge in [0.25, 0.3) is 0 Å². The monoisotopic (exact) mass is 328 g/mol. The minimum absolute atomic E-state index is 0.170. The van der Waals surface area contributed by atoms with E-state index in [1.807, 2.05) is 0 Å². The summed E-state index contributed by atoms with van der Waals surface area (Å²) in [5.74, 6) is -1.15. The lowest BCUT2D eigenvalue weighted by Gasteiger charge is -2.15. The molecule has 0 aromatic rings. The Morgan fingerprint density at radius 2 is 2.17 bits per heavy atom. The largest absolute Gasteiger partial charge is 0.480 e. The number of nitrogens with zero attached hydrogens (tertiary/aromatic N) is 1. The molecule has 0 saturated carbocycles. The highest BCUT2D eigenvalue weighted by Crippen LogP contribution is 2.12. The quantitative estimate of drug-likeness (QED) is 0.633. The molecule has 1 heterocycles. The predicted octanol–water partition coefficient (Wildman–Crippen LogP) is 0.627. The van der Waals surface area contributed by atoms with E-state index < -0.39 is 18.1 Å². The van der Waals surface area contributed by atoms with Crippen LogP contribution in [0.2, 0.25) is 0 Å². The maximum Gasteiger partial charge on any atom is 0.407 e. The van der Waals surface area contributed by atoms with Gasteiger partial charge in [-0.05, 0) is 25.3 Å². The molecule has 1 fully saturated rings. The zero-order valence-electron chi connectivity index (χ0n) is 13.5. The fraction of sp³-hybridized carbons (Fsp3) is 0.667. The van der Waals surface area contributed by atoms with E-state index in [1.54, 1.807) is 20.2 Å². The summed E-state index contributed by atoms with van der Waals surface area (Å²) in [7, 11) is 3.25. The molecule has 8 nitrogen and oxygen atoms in total. The minimum atomic E-state index is -1.14. The Labute approximate surface area is 135 Å². The number of likely N-dealkylation sites (N-methyl/N-ethyl adjacent to an activating group) is 1. The van der Waals surface area contributed by atoms with E-state index in [2.05, 4.69) is 5.32 Å². The third-order valence-corrected chi connectivity index (χ3v) is 3.39. The lowest BCUT2D eigenvalue weighted by molar-refractivity contribution is -0.139. The first kappa shape index (κ1) is 19.0. The molecular weight excluding hydrogens is 304 g/mol. The number of ether oxygens (including phenoxy) is 2. The molecule has 1 aliphatic rings. The maximum atomic E-state index is 11.6. The van der Waals surface area contributed by atoms with E-state index in [0.717, 1.165) is 6.42 Å². The standard InChI is InChI=1S/C15H24N2O6/c1-17(2)13(18)6-4-3-5-12(14(19)20)16-15(21)23-10-11-7-8-22-9-11/h4,6,11-12H,3,5,7-10H2,1-2H3,(H,16,21)(H,19,20)/b6-4+/t11?,12-/m0/s1. The fourth-order valence-electron chi connectivity index (χ4n) is 1.95. The third-order valence-electron chi connectivity index (χ3n) is 3.39. The van der Waals surface area contributed by atoms with Crippen molar-refractivity contribution in [2.75, 3.05) is 33.9 Å².